The number of anilines is 1. The van der Waals surface area contributed by atoms with Gasteiger partial charge in [-0.2, -0.15) is 0 Å². The first-order valence-corrected chi connectivity index (χ1v) is 5.22. The van der Waals surface area contributed by atoms with Crippen LogP contribution in [0.5, 0.6) is 0 Å². The van der Waals surface area contributed by atoms with Crippen molar-refractivity contribution in [2.75, 3.05) is 5.73 Å². The minimum absolute atomic E-state index is 0.106. The Morgan fingerprint density at radius 3 is 2.73 bits per heavy atom. The Bertz CT molecular complexity index is 399. The molecule has 1 aromatic heterocycles. The maximum atomic E-state index is 11.3. The molecule has 2 N–H and O–H groups in total. The van der Waals surface area contributed by atoms with E-state index in [1.807, 2.05) is 6.92 Å². The second-order valence-corrected chi connectivity index (χ2v) is 4.18. The number of aromatic nitrogens is 2. The van der Waals surface area contributed by atoms with Gasteiger partial charge in [-0.25, -0.2) is 9.97 Å². The summed E-state index contributed by atoms with van der Waals surface area (Å²) >= 11 is 0. The van der Waals surface area contributed by atoms with E-state index in [0.717, 1.165) is 24.4 Å². The fraction of sp³-hybridized carbons (Fsp3) is 0.545. The predicted octanol–water partition coefficient (Wildman–Crippen LogP) is 1.63. The molecule has 1 aliphatic carbocycles. The van der Waals surface area contributed by atoms with Gasteiger partial charge in [0.15, 0.2) is 0 Å². The number of nitrogen functional groups attached to an aromatic ring is 1. The molecule has 2 rings (SSSR count). The molecule has 1 heterocycles. The zero-order valence-corrected chi connectivity index (χ0v) is 9.03. The summed E-state index contributed by atoms with van der Waals surface area (Å²) in [5.41, 5.74) is 6.45. The Morgan fingerprint density at radius 2 is 2.20 bits per heavy atom. The average Bonchev–Trinajstić information content (AvgIpc) is 2.98. The van der Waals surface area contributed by atoms with Crippen molar-refractivity contribution in [2.45, 2.75) is 38.5 Å². The van der Waals surface area contributed by atoms with E-state index in [9.17, 15) is 4.79 Å². The average molecular weight is 205 g/mol. The Morgan fingerprint density at radius 1 is 1.53 bits per heavy atom. The quantitative estimate of drug-likeness (QED) is 0.814. The molecule has 4 nitrogen and oxygen atoms in total. The highest BCUT2D eigenvalue weighted by Gasteiger charge is 2.28. The van der Waals surface area contributed by atoms with Crippen molar-refractivity contribution in [2.24, 2.45) is 0 Å². The number of Topliss-reactive ketones (excluding diaryl/α,β-unsaturated/α-hetero) is 1. The highest BCUT2D eigenvalue weighted by Crippen LogP contribution is 2.38. The minimum Gasteiger partial charge on any atom is -0.384 e. The number of nitrogens with two attached hydrogens (primary N) is 1. The summed E-state index contributed by atoms with van der Waals surface area (Å²) in [6, 6.07) is 1.69. The molecule has 0 radical (unpaired) electrons. The summed E-state index contributed by atoms with van der Waals surface area (Å²) in [5, 5.41) is 0. The number of hydrogen-bond acceptors (Lipinski definition) is 4. The second kappa shape index (κ2) is 3.61. The van der Waals surface area contributed by atoms with Crippen molar-refractivity contribution in [3.8, 4) is 0 Å². The molecule has 0 bridgehead atoms. The van der Waals surface area contributed by atoms with E-state index in [-0.39, 0.29) is 11.7 Å². The third-order valence-electron chi connectivity index (χ3n) is 2.78. The molecule has 1 fully saturated rings. The Hall–Kier alpha value is -1.45. The second-order valence-electron chi connectivity index (χ2n) is 4.18. The van der Waals surface area contributed by atoms with Gasteiger partial charge in [0, 0.05) is 12.0 Å². The summed E-state index contributed by atoms with van der Waals surface area (Å²) in [6.45, 7) is 3.42. The highest BCUT2D eigenvalue weighted by atomic mass is 16.1. The van der Waals surface area contributed by atoms with Gasteiger partial charge in [0.05, 0.1) is 11.6 Å². The van der Waals surface area contributed by atoms with Crippen molar-refractivity contribution in [3.63, 3.8) is 0 Å². The van der Waals surface area contributed by atoms with Gasteiger partial charge in [-0.15, -0.1) is 0 Å². The normalized spacial score (nSPS) is 17.5. The molecular formula is C11H15N3O. The predicted molar refractivity (Wildman–Crippen MR) is 57.5 cm³/mol. The molecule has 1 aliphatic rings. The summed E-state index contributed by atoms with van der Waals surface area (Å²) in [4.78, 5) is 19.8. The standard InChI is InChI=1S/C11H15N3O/c1-6(7(2)15)9-5-10(12)14-11(13-9)8-3-4-8/h5-6,8H,3-4H2,1-2H3,(H2,12,13,14). The van der Waals surface area contributed by atoms with Crippen LogP contribution in [0, 0.1) is 0 Å². The van der Waals surface area contributed by atoms with Crippen molar-refractivity contribution < 1.29 is 4.79 Å². The van der Waals surface area contributed by atoms with Crippen LogP contribution in [0.25, 0.3) is 0 Å². The molecule has 1 saturated carbocycles. The number of rotatable bonds is 3. The number of nitrogens with zero attached hydrogens (tertiary/aromatic N) is 2. The molecule has 4 heteroatoms. The molecule has 80 valence electrons. The van der Waals surface area contributed by atoms with E-state index in [4.69, 9.17) is 5.73 Å². The maximum absolute atomic E-state index is 11.3. The third kappa shape index (κ3) is 2.14. The molecule has 15 heavy (non-hydrogen) atoms. The Balaban J connectivity index is 2.34. The van der Waals surface area contributed by atoms with Crippen LogP contribution in [-0.2, 0) is 4.79 Å². The first-order chi connectivity index (χ1) is 7.08. The molecule has 1 unspecified atom stereocenters. The van der Waals surface area contributed by atoms with Crippen molar-refractivity contribution in [1.82, 2.24) is 9.97 Å². The van der Waals surface area contributed by atoms with Crippen LogP contribution in [-0.4, -0.2) is 15.8 Å². The number of ketones is 1. The lowest BCUT2D eigenvalue weighted by atomic mass is 10.0. The first kappa shape index (κ1) is 10.1. The zero-order chi connectivity index (χ0) is 11.0. The summed E-state index contributed by atoms with van der Waals surface area (Å²) < 4.78 is 0. The number of carbonyl (C=O) groups excluding carboxylic acids is 1. The number of hydrogen-bond donors (Lipinski definition) is 1. The largest absolute Gasteiger partial charge is 0.384 e. The van der Waals surface area contributed by atoms with E-state index in [1.165, 1.54) is 0 Å². The number of carbonyl (C=O) groups is 1. The molecule has 0 saturated heterocycles. The Kier molecular flexibility index (Phi) is 2.42. The van der Waals surface area contributed by atoms with E-state index in [2.05, 4.69) is 9.97 Å². The lowest BCUT2D eigenvalue weighted by Gasteiger charge is -2.09. The minimum atomic E-state index is -0.187. The van der Waals surface area contributed by atoms with Gasteiger partial charge in [0.25, 0.3) is 0 Å². The topological polar surface area (TPSA) is 68.9 Å². The van der Waals surface area contributed by atoms with Gasteiger partial charge in [0.1, 0.15) is 17.4 Å². The van der Waals surface area contributed by atoms with Crippen LogP contribution in [0.4, 0.5) is 5.82 Å². The highest BCUT2D eigenvalue weighted by molar-refractivity contribution is 5.82. The molecule has 0 amide bonds. The lowest BCUT2D eigenvalue weighted by Crippen LogP contribution is -2.10. The van der Waals surface area contributed by atoms with Crippen LogP contribution in [0.15, 0.2) is 6.07 Å². The Labute approximate surface area is 88.9 Å². The summed E-state index contributed by atoms with van der Waals surface area (Å²) in [7, 11) is 0. The molecule has 0 spiro atoms. The van der Waals surface area contributed by atoms with Gasteiger partial charge in [0.2, 0.25) is 0 Å². The van der Waals surface area contributed by atoms with Crippen LogP contribution in [0.1, 0.15) is 50.0 Å². The van der Waals surface area contributed by atoms with Crippen LogP contribution >= 0.6 is 0 Å². The third-order valence-corrected chi connectivity index (χ3v) is 2.78. The van der Waals surface area contributed by atoms with Gasteiger partial charge in [-0.3, -0.25) is 4.79 Å². The van der Waals surface area contributed by atoms with Crippen molar-refractivity contribution >= 4 is 11.6 Å². The van der Waals surface area contributed by atoms with Crippen LogP contribution in [0.2, 0.25) is 0 Å². The van der Waals surface area contributed by atoms with Crippen molar-refractivity contribution in [1.29, 1.82) is 0 Å². The first-order valence-electron chi connectivity index (χ1n) is 5.22. The van der Waals surface area contributed by atoms with Crippen LogP contribution < -0.4 is 5.73 Å². The molecular weight excluding hydrogens is 190 g/mol. The van der Waals surface area contributed by atoms with Gasteiger partial charge in [-0.1, -0.05) is 0 Å². The monoisotopic (exact) mass is 205 g/mol. The van der Waals surface area contributed by atoms with Gasteiger partial charge < -0.3 is 5.73 Å². The van der Waals surface area contributed by atoms with E-state index >= 15 is 0 Å². The zero-order valence-electron chi connectivity index (χ0n) is 9.03. The van der Waals surface area contributed by atoms with E-state index in [0.29, 0.717) is 11.7 Å². The lowest BCUT2D eigenvalue weighted by molar-refractivity contribution is -0.118. The van der Waals surface area contributed by atoms with Crippen molar-refractivity contribution in [3.05, 3.63) is 17.6 Å². The summed E-state index contributed by atoms with van der Waals surface area (Å²) in [5.74, 6) is 1.65. The molecule has 0 aliphatic heterocycles. The SMILES string of the molecule is CC(=O)C(C)c1cc(N)nc(C2CC2)n1. The van der Waals surface area contributed by atoms with Crippen LogP contribution in [0.3, 0.4) is 0 Å². The molecule has 1 atom stereocenters. The van der Waals surface area contributed by atoms with E-state index in [1.54, 1.807) is 13.0 Å². The van der Waals surface area contributed by atoms with Gasteiger partial charge in [-0.05, 0) is 26.7 Å². The fourth-order valence-corrected chi connectivity index (χ4v) is 1.46. The maximum Gasteiger partial charge on any atom is 0.138 e. The smallest absolute Gasteiger partial charge is 0.138 e. The molecule has 0 aromatic carbocycles. The molecule has 1 aromatic rings. The fourth-order valence-electron chi connectivity index (χ4n) is 1.46. The van der Waals surface area contributed by atoms with E-state index < -0.39 is 0 Å². The van der Waals surface area contributed by atoms with Gasteiger partial charge >= 0.3 is 0 Å². The summed E-state index contributed by atoms with van der Waals surface area (Å²) in [6.07, 6.45) is 2.27.